The van der Waals surface area contributed by atoms with E-state index in [0.717, 1.165) is 23.5 Å². The summed E-state index contributed by atoms with van der Waals surface area (Å²) in [6.45, 7) is 0. The molecule has 1 aliphatic rings. The summed E-state index contributed by atoms with van der Waals surface area (Å²) in [5.74, 6) is 0. The summed E-state index contributed by atoms with van der Waals surface area (Å²) in [6, 6.07) is 7.12. The second-order valence-electron chi connectivity index (χ2n) is 2.84. The Hall–Kier alpha value is -2.52. The lowest BCUT2D eigenvalue weighted by molar-refractivity contribution is 0.902. The molecule has 1 aromatic rings. The van der Waals surface area contributed by atoms with Gasteiger partial charge >= 0.3 is 0 Å². The first kappa shape index (κ1) is 12.0. The van der Waals surface area contributed by atoms with Crippen molar-refractivity contribution < 1.29 is 0 Å². The van der Waals surface area contributed by atoms with Gasteiger partial charge in [0.1, 0.15) is 39.9 Å². The van der Waals surface area contributed by atoms with Gasteiger partial charge in [0.25, 0.3) is 0 Å². The molecule has 1 aliphatic heterocycles. The van der Waals surface area contributed by atoms with Gasteiger partial charge in [0.2, 0.25) is 0 Å². The Morgan fingerprint density at radius 1 is 0.833 bits per heavy atom. The summed E-state index contributed by atoms with van der Waals surface area (Å²) < 4.78 is 0.467. The molecule has 82 valence electrons. The van der Waals surface area contributed by atoms with Crippen LogP contribution in [0.15, 0.2) is 19.9 Å². The summed E-state index contributed by atoms with van der Waals surface area (Å²) in [6.07, 6.45) is 0. The van der Waals surface area contributed by atoms with E-state index in [-0.39, 0.29) is 17.0 Å². The molecule has 0 spiro atoms. The summed E-state index contributed by atoms with van der Waals surface area (Å²) in [7, 11) is 0. The zero-order valence-electron chi connectivity index (χ0n) is 8.50. The largest absolute Gasteiger partial charge is 0.224 e. The van der Waals surface area contributed by atoms with Crippen molar-refractivity contribution in [2.45, 2.75) is 10.1 Å². The van der Waals surface area contributed by atoms with Crippen LogP contribution in [0, 0.1) is 45.3 Å². The molecule has 0 N–H and O–H groups in total. The van der Waals surface area contributed by atoms with Gasteiger partial charge in [-0.25, -0.2) is 9.97 Å². The van der Waals surface area contributed by atoms with Gasteiger partial charge in [0.05, 0.1) is 4.24 Å². The van der Waals surface area contributed by atoms with E-state index in [4.69, 9.17) is 21.0 Å². The predicted molar refractivity (Wildman–Crippen MR) is 61.4 cm³/mol. The van der Waals surface area contributed by atoms with Crippen molar-refractivity contribution in [2.24, 2.45) is 0 Å². The summed E-state index contributed by atoms with van der Waals surface area (Å²) in [5, 5.41) is 36.0. The zero-order chi connectivity index (χ0) is 13.1. The molecule has 8 heteroatoms. The molecule has 2 rings (SSSR count). The fourth-order valence-corrected chi connectivity index (χ4v) is 3.28. The molecular formula is C10N6S2. The van der Waals surface area contributed by atoms with Gasteiger partial charge in [-0.2, -0.15) is 21.0 Å². The molecule has 2 heterocycles. The van der Waals surface area contributed by atoms with Crippen LogP contribution in [0.25, 0.3) is 0 Å². The molecule has 0 aliphatic carbocycles. The molecular weight excluding hydrogens is 268 g/mol. The van der Waals surface area contributed by atoms with E-state index in [1.54, 1.807) is 24.3 Å². The summed E-state index contributed by atoms with van der Waals surface area (Å²) in [5.41, 5.74) is -0.135. The summed E-state index contributed by atoms with van der Waals surface area (Å²) >= 11 is 2.21. The minimum Gasteiger partial charge on any atom is -0.224 e. The molecule has 6 nitrogen and oxygen atoms in total. The topological polar surface area (TPSA) is 121 Å². The SMILES string of the molecule is N#CC(C#N)=C1Sc2nc(C#N)c(C#N)nc2S1. The van der Waals surface area contributed by atoms with Crippen molar-refractivity contribution in [3.63, 3.8) is 0 Å². The second kappa shape index (κ2) is 4.77. The van der Waals surface area contributed by atoms with Crippen LogP contribution in [0.4, 0.5) is 0 Å². The highest BCUT2D eigenvalue weighted by Crippen LogP contribution is 2.50. The van der Waals surface area contributed by atoms with E-state index in [1.165, 1.54) is 0 Å². The van der Waals surface area contributed by atoms with E-state index >= 15 is 0 Å². The van der Waals surface area contributed by atoms with Crippen molar-refractivity contribution in [3.05, 3.63) is 21.2 Å². The maximum atomic E-state index is 8.81. The van der Waals surface area contributed by atoms with Crippen LogP contribution >= 0.6 is 23.5 Å². The van der Waals surface area contributed by atoms with E-state index < -0.39 is 0 Å². The Balaban J connectivity index is 2.55. The van der Waals surface area contributed by atoms with Crippen LogP contribution in [0.2, 0.25) is 0 Å². The van der Waals surface area contributed by atoms with Crippen LogP contribution < -0.4 is 0 Å². The minimum absolute atomic E-state index is 0.0261. The van der Waals surface area contributed by atoms with Crippen molar-refractivity contribution in [3.8, 4) is 24.3 Å². The number of aromatic nitrogens is 2. The first-order valence-electron chi connectivity index (χ1n) is 4.36. The molecule has 0 atom stereocenters. The average molecular weight is 268 g/mol. The fourth-order valence-electron chi connectivity index (χ4n) is 1.11. The third kappa shape index (κ3) is 1.87. The Morgan fingerprint density at radius 3 is 1.61 bits per heavy atom. The zero-order valence-corrected chi connectivity index (χ0v) is 10.1. The average Bonchev–Trinajstić information content (AvgIpc) is 2.80. The molecule has 0 saturated heterocycles. The van der Waals surface area contributed by atoms with Crippen LogP contribution in [0.1, 0.15) is 11.4 Å². The minimum atomic E-state index is -0.0546. The standard InChI is InChI=1S/C10N6S2/c11-1-5(2-12)10-17-8-9(18-10)16-7(4-14)6(3-13)15-8. The van der Waals surface area contributed by atoms with Gasteiger partial charge in [-0.1, -0.05) is 23.5 Å². The van der Waals surface area contributed by atoms with Crippen molar-refractivity contribution >= 4 is 23.5 Å². The van der Waals surface area contributed by atoms with Gasteiger partial charge < -0.3 is 0 Å². The van der Waals surface area contributed by atoms with Gasteiger partial charge in [-0.3, -0.25) is 0 Å². The number of nitrogens with zero attached hydrogens (tertiary/aromatic N) is 6. The number of fused-ring (bicyclic) bond motifs is 1. The molecule has 0 fully saturated rings. The van der Waals surface area contributed by atoms with Crippen molar-refractivity contribution in [2.75, 3.05) is 0 Å². The fraction of sp³-hybridized carbons (Fsp3) is 0. The van der Waals surface area contributed by atoms with E-state index in [1.807, 2.05) is 0 Å². The highest BCUT2D eigenvalue weighted by molar-refractivity contribution is 8.24. The maximum absolute atomic E-state index is 8.81. The second-order valence-corrected chi connectivity index (χ2v) is 5.10. The number of rotatable bonds is 0. The number of allylic oxidation sites excluding steroid dienone is 1. The number of hydrogen-bond acceptors (Lipinski definition) is 8. The molecule has 18 heavy (non-hydrogen) atoms. The quantitative estimate of drug-likeness (QED) is 0.651. The van der Waals surface area contributed by atoms with Crippen LogP contribution in [0.5, 0.6) is 0 Å². The lowest BCUT2D eigenvalue weighted by Crippen LogP contribution is -1.96. The first-order valence-corrected chi connectivity index (χ1v) is 5.99. The molecule has 0 unspecified atom stereocenters. The molecule has 0 saturated carbocycles. The Kier molecular flexibility index (Phi) is 3.17. The third-order valence-corrected chi connectivity index (χ3v) is 4.22. The lowest BCUT2D eigenvalue weighted by atomic mass is 10.3. The van der Waals surface area contributed by atoms with Crippen molar-refractivity contribution in [1.29, 1.82) is 21.0 Å². The third-order valence-electron chi connectivity index (χ3n) is 1.85. The molecule has 0 radical (unpaired) electrons. The van der Waals surface area contributed by atoms with Gasteiger partial charge in [0.15, 0.2) is 11.4 Å². The van der Waals surface area contributed by atoms with Crippen LogP contribution in [-0.2, 0) is 0 Å². The highest BCUT2D eigenvalue weighted by atomic mass is 32.2. The number of nitriles is 4. The van der Waals surface area contributed by atoms with Gasteiger partial charge in [0, 0.05) is 0 Å². The maximum Gasteiger partial charge on any atom is 0.178 e. The number of hydrogen-bond donors (Lipinski definition) is 0. The lowest BCUT2D eigenvalue weighted by Gasteiger charge is -1.96. The Bertz CT molecular complexity index is 677. The molecule has 0 aromatic carbocycles. The monoisotopic (exact) mass is 268 g/mol. The normalized spacial score (nSPS) is 11.7. The van der Waals surface area contributed by atoms with E-state index in [0.29, 0.717) is 14.3 Å². The number of thioether (sulfide) groups is 2. The van der Waals surface area contributed by atoms with Crippen LogP contribution in [0.3, 0.4) is 0 Å². The van der Waals surface area contributed by atoms with E-state index in [9.17, 15) is 0 Å². The Labute approximate surface area is 110 Å². The van der Waals surface area contributed by atoms with Gasteiger partial charge in [-0.05, 0) is 0 Å². The Morgan fingerprint density at radius 2 is 1.28 bits per heavy atom. The predicted octanol–water partition coefficient (Wildman–Crippen LogP) is 1.68. The smallest absolute Gasteiger partial charge is 0.178 e. The molecule has 0 bridgehead atoms. The van der Waals surface area contributed by atoms with Crippen molar-refractivity contribution in [1.82, 2.24) is 9.97 Å². The van der Waals surface area contributed by atoms with Crippen LogP contribution in [-0.4, -0.2) is 9.97 Å². The highest BCUT2D eigenvalue weighted by Gasteiger charge is 2.26. The van der Waals surface area contributed by atoms with Gasteiger partial charge in [-0.15, -0.1) is 0 Å². The molecule has 0 amide bonds. The first-order chi connectivity index (χ1) is 8.73. The molecule has 1 aromatic heterocycles. The van der Waals surface area contributed by atoms with E-state index in [2.05, 4.69) is 9.97 Å². The summed E-state index contributed by atoms with van der Waals surface area (Å²) in [4.78, 5) is 7.97.